The summed E-state index contributed by atoms with van der Waals surface area (Å²) in [7, 11) is 0. The fourth-order valence-corrected chi connectivity index (χ4v) is 2.39. The summed E-state index contributed by atoms with van der Waals surface area (Å²) in [6, 6.07) is 7.69. The summed E-state index contributed by atoms with van der Waals surface area (Å²) in [6.45, 7) is 1.47. The van der Waals surface area contributed by atoms with Crippen molar-refractivity contribution in [3.05, 3.63) is 30.1 Å². The van der Waals surface area contributed by atoms with E-state index < -0.39 is 0 Å². The number of nitrogens with one attached hydrogen (secondary N) is 1. The summed E-state index contributed by atoms with van der Waals surface area (Å²) in [6.07, 6.45) is 3.10. The van der Waals surface area contributed by atoms with E-state index in [-0.39, 0.29) is 12.7 Å². The molecule has 2 aromatic rings. The van der Waals surface area contributed by atoms with Gasteiger partial charge in [0.25, 0.3) is 5.89 Å². The summed E-state index contributed by atoms with van der Waals surface area (Å²) in [5.41, 5.74) is 1.84. The Labute approximate surface area is 123 Å². The van der Waals surface area contributed by atoms with Crippen LogP contribution in [0, 0.1) is 0 Å². The van der Waals surface area contributed by atoms with Crippen molar-refractivity contribution >= 4 is 5.69 Å². The van der Waals surface area contributed by atoms with Gasteiger partial charge in [0.15, 0.2) is 5.82 Å². The highest BCUT2D eigenvalue weighted by Gasteiger charge is 2.19. The zero-order chi connectivity index (χ0) is 14.5. The van der Waals surface area contributed by atoms with E-state index in [4.69, 9.17) is 14.4 Å². The van der Waals surface area contributed by atoms with Gasteiger partial charge in [-0.1, -0.05) is 5.16 Å². The van der Waals surface area contributed by atoms with Gasteiger partial charge in [0.1, 0.15) is 0 Å². The van der Waals surface area contributed by atoms with Crippen LogP contribution in [0.15, 0.2) is 28.8 Å². The SMILES string of the molecule is OCCNc1ccc(-c2nc(CC3CCCO3)no2)cc1. The number of ether oxygens (including phenoxy) is 1. The van der Waals surface area contributed by atoms with Crippen LogP contribution < -0.4 is 5.32 Å². The van der Waals surface area contributed by atoms with Crippen LogP contribution in [-0.4, -0.2) is 41.1 Å². The molecule has 1 aliphatic rings. The Morgan fingerprint density at radius 3 is 2.86 bits per heavy atom. The van der Waals surface area contributed by atoms with Crippen LogP contribution in [0.1, 0.15) is 18.7 Å². The van der Waals surface area contributed by atoms with Gasteiger partial charge in [0, 0.05) is 30.8 Å². The Kier molecular flexibility index (Phi) is 4.47. The molecule has 2 N–H and O–H groups in total. The minimum Gasteiger partial charge on any atom is -0.395 e. The largest absolute Gasteiger partial charge is 0.395 e. The molecule has 0 bridgehead atoms. The molecule has 0 spiro atoms. The number of aromatic nitrogens is 2. The minimum atomic E-state index is 0.109. The highest BCUT2D eigenvalue weighted by Crippen LogP contribution is 2.21. The molecule has 6 nitrogen and oxygen atoms in total. The second-order valence-corrected chi connectivity index (χ2v) is 5.08. The van der Waals surface area contributed by atoms with Crippen molar-refractivity contribution in [2.45, 2.75) is 25.4 Å². The molecule has 1 saturated heterocycles. The van der Waals surface area contributed by atoms with Gasteiger partial charge < -0.3 is 19.7 Å². The van der Waals surface area contributed by atoms with E-state index in [9.17, 15) is 0 Å². The first-order valence-electron chi connectivity index (χ1n) is 7.24. The van der Waals surface area contributed by atoms with Crippen molar-refractivity contribution in [2.24, 2.45) is 0 Å². The smallest absolute Gasteiger partial charge is 0.257 e. The molecule has 0 aliphatic carbocycles. The van der Waals surface area contributed by atoms with E-state index in [1.54, 1.807) is 0 Å². The number of aliphatic hydroxyl groups is 1. The number of hydrogen-bond donors (Lipinski definition) is 2. The molecule has 1 aromatic heterocycles. The van der Waals surface area contributed by atoms with Crippen molar-refractivity contribution in [1.82, 2.24) is 10.1 Å². The van der Waals surface area contributed by atoms with Gasteiger partial charge >= 0.3 is 0 Å². The predicted molar refractivity (Wildman–Crippen MR) is 78.0 cm³/mol. The van der Waals surface area contributed by atoms with Gasteiger partial charge in [0.05, 0.1) is 12.7 Å². The summed E-state index contributed by atoms with van der Waals surface area (Å²) in [5.74, 6) is 1.22. The Hall–Kier alpha value is -1.92. The minimum absolute atomic E-state index is 0.109. The predicted octanol–water partition coefficient (Wildman–Crippen LogP) is 1.86. The lowest BCUT2D eigenvalue weighted by Gasteiger charge is -2.04. The standard InChI is InChI=1S/C15H19N3O3/c19-8-7-16-12-5-3-11(4-6-12)15-17-14(18-21-15)10-13-2-1-9-20-13/h3-6,13,16,19H,1-2,7-10H2. The molecule has 1 unspecified atom stereocenters. The average molecular weight is 289 g/mol. The fourth-order valence-electron chi connectivity index (χ4n) is 2.39. The van der Waals surface area contributed by atoms with Crippen LogP contribution in [-0.2, 0) is 11.2 Å². The maximum atomic E-state index is 8.77. The number of benzene rings is 1. The third-order valence-corrected chi connectivity index (χ3v) is 3.48. The highest BCUT2D eigenvalue weighted by atomic mass is 16.5. The Balaban J connectivity index is 1.64. The first-order chi connectivity index (χ1) is 10.3. The quantitative estimate of drug-likeness (QED) is 0.845. The van der Waals surface area contributed by atoms with Gasteiger partial charge in [0.2, 0.25) is 0 Å². The number of aliphatic hydroxyl groups excluding tert-OH is 1. The Morgan fingerprint density at radius 1 is 1.29 bits per heavy atom. The molecule has 0 amide bonds. The lowest BCUT2D eigenvalue weighted by Crippen LogP contribution is -2.09. The number of hydrogen-bond acceptors (Lipinski definition) is 6. The van der Waals surface area contributed by atoms with E-state index in [0.29, 0.717) is 24.7 Å². The Bertz CT molecular complexity index is 562. The topological polar surface area (TPSA) is 80.4 Å². The van der Waals surface area contributed by atoms with Crippen molar-refractivity contribution in [1.29, 1.82) is 0 Å². The molecule has 0 radical (unpaired) electrons. The number of rotatable bonds is 6. The van der Waals surface area contributed by atoms with Crippen molar-refractivity contribution in [3.63, 3.8) is 0 Å². The number of nitrogens with zero attached hydrogens (tertiary/aromatic N) is 2. The molecule has 2 heterocycles. The molecule has 1 aliphatic heterocycles. The summed E-state index contributed by atoms with van der Waals surface area (Å²) in [4.78, 5) is 4.42. The first-order valence-corrected chi connectivity index (χ1v) is 7.24. The van der Waals surface area contributed by atoms with Crippen LogP contribution in [0.5, 0.6) is 0 Å². The van der Waals surface area contributed by atoms with Gasteiger partial charge in [-0.25, -0.2) is 0 Å². The molecule has 3 rings (SSSR count). The molecule has 21 heavy (non-hydrogen) atoms. The molecule has 6 heteroatoms. The summed E-state index contributed by atoms with van der Waals surface area (Å²) < 4.78 is 10.9. The molecule has 112 valence electrons. The third-order valence-electron chi connectivity index (χ3n) is 3.48. The van der Waals surface area contributed by atoms with Gasteiger partial charge in [-0.2, -0.15) is 4.98 Å². The van der Waals surface area contributed by atoms with E-state index in [0.717, 1.165) is 30.7 Å². The normalized spacial score (nSPS) is 18.0. The van der Waals surface area contributed by atoms with Crippen LogP contribution >= 0.6 is 0 Å². The van der Waals surface area contributed by atoms with Crippen molar-refractivity contribution in [3.8, 4) is 11.5 Å². The van der Waals surface area contributed by atoms with Crippen LogP contribution in [0.2, 0.25) is 0 Å². The fraction of sp³-hybridized carbons (Fsp3) is 0.467. The van der Waals surface area contributed by atoms with E-state index >= 15 is 0 Å². The van der Waals surface area contributed by atoms with Gasteiger partial charge in [-0.05, 0) is 37.1 Å². The van der Waals surface area contributed by atoms with Crippen LogP contribution in [0.25, 0.3) is 11.5 Å². The lowest BCUT2D eigenvalue weighted by atomic mass is 10.2. The maximum Gasteiger partial charge on any atom is 0.257 e. The van der Waals surface area contributed by atoms with Gasteiger partial charge in [-0.3, -0.25) is 0 Å². The second kappa shape index (κ2) is 6.69. The molecular formula is C15H19N3O3. The van der Waals surface area contributed by atoms with Crippen molar-refractivity contribution < 1.29 is 14.4 Å². The zero-order valence-corrected chi connectivity index (χ0v) is 11.8. The monoisotopic (exact) mass is 289 g/mol. The molecular weight excluding hydrogens is 270 g/mol. The average Bonchev–Trinajstić information content (AvgIpc) is 3.18. The zero-order valence-electron chi connectivity index (χ0n) is 11.8. The molecule has 1 aromatic carbocycles. The molecule has 0 saturated carbocycles. The highest BCUT2D eigenvalue weighted by molar-refractivity contribution is 5.58. The second-order valence-electron chi connectivity index (χ2n) is 5.08. The lowest BCUT2D eigenvalue weighted by molar-refractivity contribution is 0.109. The van der Waals surface area contributed by atoms with Crippen LogP contribution in [0.3, 0.4) is 0 Å². The van der Waals surface area contributed by atoms with E-state index in [1.165, 1.54) is 0 Å². The first kappa shape index (κ1) is 14.0. The third kappa shape index (κ3) is 3.59. The summed E-state index contributed by atoms with van der Waals surface area (Å²) in [5, 5.41) is 15.9. The van der Waals surface area contributed by atoms with Gasteiger partial charge in [-0.15, -0.1) is 0 Å². The maximum absolute atomic E-state index is 8.77. The number of anilines is 1. The van der Waals surface area contributed by atoms with Crippen molar-refractivity contribution in [2.75, 3.05) is 25.1 Å². The van der Waals surface area contributed by atoms with E-state index in [1.807, 2.05) is 24.3 Å². The molecule has 1 fully saturated rings. The molecule has 1 atom stereocenters. The van der Waals surface area contributed by atoms with E-state index in [2.05, 4.69) is 15.5 Å². The van der Waals surface area contributed by atoms with Crippen LogP contribution in [0.4, 0.5) is 5.69 Å². The Morgan fingerprint density at radius 2 is 2.14 bits per heavy atom. The summed E-state index contributed by atoms with van der Waals surface area (Å²) >= 11 is 0.